The highest BCUT2D eigenvalue weighted by Crippen LogP contribution is 2.37. The molecule has 6 aromatic rings. The number of aromatic nitrogens is 6. The molecule has 2 N–H and O–H groups in total. The molecule has 7 heterocycles. The van der Waals surface area contributed by atoms with Crippen molar-refractivity contribution in [2.24, 2.45) is 0 Å². The maximum atomic E-state index is 4.66. The van der Waals surface area contributed by atoms with Crippen molar-refractivity contribution in [2.45, 2.75) is 26.3 Å². The van der Waals surface area contributed by atoms with Crippen LogP contribution in [-0.2, 0) is 6.54 Å². The van der Waals surface area contributed by atoms with Crippen LogP contribution in [0.15, 0.2) is 67.9 Å². The number of hydrogen-bond donors (Lipinski definition) is 2. The molecule has 8 heteroatoms. The van der Waals surface area contributed by atoms with Gasteiger partial charge in [-0.25, -0.2) is 4.98 Å². The predicted molar refractivity (Wildman–Crippen MR) is 155 cm³/mol. The first-order valence-corrected chi connectivity index (χ1v) is 13.7. The lowest BCUT2D eigenvalue weighted by Gasteiger charge is -2.14. The van der Waals surface area contributed by atoms with Crippen LogP contribution in [0.4, 0.5) is 0 Å². The Kier molecular flexibility index (Phi) is 5.64. The van der Waals surface area contributed by atoms with Gasteiger partial charge in [0.05, 0.1) is 23.1 Å². The lowest BCUT2D eigenvalue weighted by atomic mass is 10.1. The number of rotatable bonds is 6. The van der Waals surface area contributed by atoms with E-state index < -0.39 is 0 Å². The minimum absolute atomic E-state index is 0.686. The molecule has 0 spiro atoms. The molecule has 6 aromatic heterocycles. The summed E-state index contributed by atoms with van der Waals surface area (Å²) in [5.74, 6) is 0. The average Bonchev–Trinajstić information content (AvgIpc) is 3.74. The van der Waals surface area contributed by atoms with Gasteiger partial charge in [-0.2, -0.15) is 5.10 Å². The predicted octanol–water partition coefficient (Wildman–Crippen LogP) is 6.92. The largest absolute Gasteiger partial charge is 0.352 e. The second-order valence-corrected chi connectivity index (χ2v) is 11.1. The Morgan fingerprint density at radius 3 is 2.66 bits per heavy atom. The van der Waals surface area contributed by atoms with E-state index in [2.05, 4.69) is 71.9 Å². The third kappa shape index (κ3) is 4.12. The quantitative estimate of drug-likeness (QED) is 0.250. The summed E-state index contributed by atoms with van der Waals surface area (Å²) in [7, 11) is 0. The fourth-order valence-electron chi connectivity index (χ4n) is 5.29. The third-order valence-corrected chi connectivity index (χ3v) is 8.53. The van der Waals surface area contributed by atoms with Gasteiger partial charge >= 0.3 is 0 Å². The van der Waals surface area contributed by atoms with Gasteiger partial charge in [-0.05, 0) is 74.3 Å². The summed E-state index contributed by atoms with van der Waals surface area (Å²) in [5.41, 5.74) is 9.03. The maximum Gasteiger partial charge on any atom is 0.181 e. The van der Waals surface area contributed by atoms with E-state index in [1.54, 1.807) is 11.3 Å². The number of fused-ring (bicyclic) bond motifs is 2. The number of hydrogen-bond acceptors (Lipinski definition) is 6. The number of thiophene rings is 1. The Morgan fingerprint density at radius 1 is 0.974 bits per heavy atom. The van der Waals surface area contributed by atoms with Crippen LogP contribution in [0.3, 0.4) is 0 Å². The van der Waals surface area contributed by atoms with Crippen molar-refractivity contribution >= 4 is 38.8 Å². The van der Waals surface area contributed by atoms with Gasteiger partial charge in [0.2, 0.25) is 0 Å². The molecule has 7 nitrogen and oxygen atoms in total. The SMILES string of the molecule is C=C(C)c1ccc(-c2cncc3[nH]c(-c4[nH]nc5ncc(-c6cncc(CN7CCCC7)c6)cc45)cc23)s1. The zero-order valence-electron chi connectivity index (χ0n) is 21.2. The highest BCUT2D eigenvalue weighted by atomic mass is 32.1. The van der Waals surface area contributed by atoms with Crippen LogP contribution in [0, 0.1) is 0 Å². The number of nitrogens with one attached hydrogen (secondary N) is 2. The van der Waals surface area contributed by atoms with Crippen LogP contribution in [0.1, 0.15) is 30.2 Å². The minimum atomic E-state index is 0.686. The Hall–Kier alpha value is -4.14. The summed E-state index contributed by atoms with van der Waals surface area (Å²) in [6.07, 6.45) is 12.1. The first kappa shape index (κ1) is 23.0. The van der Waals surface area contributed by atoms with Crippen LogP contribution in [0.2, 0.25) is 0 Å². The molecule has 0 unspecified atom stereocenters. The standard InChI is InChI=1S/C30H27N7S/c1-18(2)27-5-6-28(38-27)24-15-32-16-26-22(24)11-25(34-26)29-23-10-21(14-33-30(23)36-35-29)20-9-19(12-31-13-20)17-37-7-3-4-8-37/h5-6,9-16,34H,1,3-4,7-8,17H2,2H3,(H,33,35,36). The number of nitrogens with zero attached hydrogens (tertiary/aromatic N) is 5. The van der Waals surface area contributed by atoms with E-state index in [1.807, 2.05) is 37.9 Å². The molecular weight excluding hydrogens is 490 g/mol. The van der Waals surface area contributed by atoms with Crippen LogP contribution in [-0.4, -0.2) is 48.1 Å². The van der Waals surface area contributed by atoms with Crippen molar-refractivity contribution < 1.29 is 0 Å². The molecular formula is C30H27N7S. The molecule has 1 aliphatic rings. The van der Waals surface area contributed by atoms with E-state index in [-0.39, 0.29) is 0 Å². The van der Waals surface area contributed by atoms with Gasteiger partial charge in [0, 0.05) is 68.5 Å². The highest BCUT2D eigenvalue weighted by Gasteiger charge is 2.17. The van der Waals surface area contributed by atoms with Gasteiger partial charge in [0.1, 0.15) is 0 Å². The second kappa shape index (κ2) is 9.31. The van der Waals surface area contributed by atoms with Crippen molar-refractivity contribution in [3.63, 3.8) is 0 Å². The van der Waals surface area contributed by atoms with Gasteiger partial charge in [-0.15, -0.1) is 11.3 Å². The number of pyridine rings is 3. The lowest BCUT2D eigenvalue weighted by molar-refractivity contribution is 0.331. The van der Waals surface area contributed by atoms with E-state index in [0.29, 0.717) is 5.65 Å². The monoisotopic (exact) mass is 517 g/mol. The molecule has 0 amide bonds. The van der Waals surface area contributed by atoms with Gasteiger partial charge < -0.3 is 4.98 Å². The molecule has 7 rings (SSSR count). The molecule has 1 fully saturated rings. The Labute approximate surface area is 224 Å². The van der Waals surface area contributed by atoms with Crippen LogP contribution < -0.4 is 0 Å². The molecule has 0 radical (unpaired) electrons. The first-order chi connectivity index (χ1) is 18.6. The molecule has 0 saturated carbocycles. The number of H-pyrrole nitrogens is 2. The van der Waals surface area contributed by atoms with Gasteiger partial charge in [-0.1, -0.05) is 6.58 Å². The molecule has 1 saturated heterocycles. The van der Waals surface area contributed by atoms with Crippen molar-refractivity contribution in [1.29, 1.82) is 0 Å². The second-order valence-electron chi connectivity index (χ2n) is 10.0. The van der Waals surface area contributed by atoms with Gasteiger partial charge in [0.15, 0.2) is 5.65 Å². The van der Waals surface area contributed by atoms with Crippen molar-refractivity contribution in [2.75, 3.05) is 13.1 Å². The zero-order chi connectivity index (χ0) is 25.6. The van der Waals surface area contributed by atoms with E-state index in [0.717, 1.165) is 56.5 Å². The minimum Gasteiger partial charge on any atom is -0.352 e. The molecule has 38 heavy (non-hydrogen) atoms. The highest BCUT2D eigenvalue weighted by molar-refractivity contribution is 7.16. The Bertz CT molecular complexity index is 1800. The van der Waals surface area contributed by atoms with E-state index in [9.17, 15) is 0 Å². The van der Waals surface area contributed by atoms with Crippen molar-refractivity contribution in [3.05, 3.63) is 78.3 Å². The summed E-state index contributed by atoms with van der Waals surface area (Å²) >= 11 is 1.74. The Morgan fingerprint density at radius 2 is 1.82 bits per heavy atom. The van der Waals surface area contributed by atoms with Crippen LogP contribution in [0.5, 0.6) is 0 Å². The van der Waals surface area contributed by atoms with Crippen LogP contribution in [0.25, 0.3) is 60.5 Å². The number of allylic oxidation sites excluding steroid dienone is 1. The number of aromatic amines is 2. The van der Waals surface area contributed by atoms with E-state index >= 15 is 0 Å². The van der Waals surface area contributed by atoms with E-state index in [1.165, 1.54) is 41.2 Å². The van der Waals surface area contributed by atoms with Gasteiger partial charge in [0.25, 0.3) is 0 Å². The number of likely N-dealkylation sites (tertiary alicyclic amines) is 1. The maximum absolute atomic E-state index is 4.66. The lowest BCUT2D eigenvalue weighted by Crippen LogP contribution is -2.18. The van der Waals surface area contributed by atoms with Crippen molar-refractivity contribution in [3.8, 4) is 33.0 Å². The van der Waals surface area contributed by atoms with Crippen LogP contribution >= 0.6 is 11.3 Å². The third-order valence-electron chi connectivity index (χ3n) is 7.25. The average molecular weight is 518 g/mol. The summed E-state index contributed by atoms with van der Waals surface area (Å²) < 4.78 is 0. The summed E-state index contributed by atoms with van der Waals surface area (Å²) in [6.45, 7) is 9.39. The smallest absolute Gasteiger partial charge is 0.181 e. The zero-order valence-corrected chi connectivity index (χ0v) is 22.0. The topological polar surface area (TPSA) is 86.4 Å². The van der Waals surface area contributed by atoms with Gasteiger partial charge in [-0.3, -0.25) is 20.0 Å². The molecule has 0 aliphatic carbocycles. The summed E-state index contributed by atoms with van der Waals surface area (Å²) in [4.78, 5) is 22.1. The van der Waals surface area contributed by atoms with Crippen molar-refractivity contribution in [1.82, 2.24) is 35.0 Å². The van der Waals surface area contributed by atoms with E-state index in [4.69, 9.17) is 0 Å². The molecule has 1 aliphatic heterocycles. The fourth-order valence-corrected chi connectivity index (χ4v) is 6.24. The molecule has 0 atom stereocenters. The fraction of sp³-hybridized carbons (Fsp3) is 0.200. The summed E-state index contributed by atoms with van der Waals surface area (Å²) in [6, 6.07) is 10.8. The summed E-state index contributed by atoms with van der Waals surface area (Å²) in [5, 5.41) is 9.79. The molecule has 0 bridgehead atoms. The molecule has 188 valence electrons. The first-order valence-electron chi connectivity index (χ1n) is 12.9. The normalized spacial score (nSPS) is 14.1. The Balaban J connectivity index is 1.27. The molecule has 0 aromatic carbocycles.